The monoisotopic (exact) mass is 173 g/mol. The van der Waals surface area contributed by atoms with Gasteiger partial charge < -0.3 is 5.73 Å². The van der Waals surface area contributed by atoms with Crippen LogP contribution in [0.2, 0.25) is 0 Å². The van der Waals surface area contributed by atoms with Gasteiger partial charge in [0.05, 0.1) is 5.38 Å². The van der Waals surface area contributed by atoms with Crippen molar-refractivity contribution < 1.29 is 4.39 Å². The third kappa shape index (κ3) is 1.91. The Labute approximate surface area is 70.0 Å². The van der Waals surface area contributed by atoms with Crippen molar-refractivity contribution in [2.45, 2.75) is 5.38 Å². The van der Waals surface area contributed by atoms with Crippen LogP contribution < -0.4 is 5.73 Å². The van der Waals surface area contributed by atoms with Crippen LogP contribution in [0, 0.1) is 5.82 Å². The molecule has 1 rings (SSSR count). The second kappa shape index (κ2) is 3.69. The highest BCUT2D eigenvalue weighted by Crippen LogP contribution is 2.21. The number of halogens is 2. The molecule has 0 aliphatic carbocycles. The molecule has 1 aromatic carbocycles. The molecule has 3 heteroatoms. The molecule has 1 unspecified atom stereocenters. The summed E-state index contributed by atoms with van der Waals surface area (Å²) in [4.78, 5) is 0. The molecule has 0 amide bonds. The van der Waals surface area contributed by atoms with Crippen molar-refractivity contribution in [3.63, 3.8) is 0 Å². The van der Waals surface area contributed by atoms with Crippen molar-refractivity contribution in [1.29, 1.82) is 0 Å². The topological polar surface area (TPSA) is 26.0 Å². The van der Waals surface area contributed by atoms with Gasteiger partial charge >= 0.3 is 0 Å². The van der Waals surface area contributed by atoms with Crippen LogP contribution >= 0.6 is 11.6 Å². The van der Waals surface area contributed by atoms with Crippen molar-refractivity contribution in [2.24, 2.45) is 5.73 Å². The molecule has 0 saturated carbocycles. The Kier molecular flexibility index (Phi) is 2.85. The summed E-state index contributed by atoms with van der Waals surface area (Å²) in [6, 6.07) is 6.38. The van der Waals surface area contributed by atoms with E-state index >= 15 is 0 Å². The Balaban J connectivity index is 2.93. The molecule has 0 aliphatic heterocycles. The third-order valence-electron chi connectivity index (χ3n) is 1.45. The fraction of sp³-hybridized carbons (Fsp3) is 0.250. The maximum atomic E-state index is 12.9. The van der Waals surface area contributed by atoms with Crippen LogP contribution in [-0.4, -0.2) is 6.54 Å². The number of benzene rings is 1. The normalized spacial score (nSPS) is 13.0. The lowest BCUT2D eigenvalue weighted by Crippen LogP contribution is -2.08. The van der Waals surface area contributed by atoms with Crippen LogP contribution in [0.5, 0.6) is 0 Å². The van der Waals surface area contributed by atoms with Crippen molar-refractivity contribution in [1.82, 2.24) is 0 Å². The van der Waals surface area contributed by atoms with Gasteiger partial charge in [0.2, 0.25) is 0 Å². The average Bonchev–Trinajstić information content (AvgIpc) is 2.04. The summed E-state index contributed by atoms with van der Waals surface area (Å²) in [7, 11) is 0. The molecule has 2 N–H and O–H groups in total. The number of alkyl halides is 1. The number of nitrogens with two attached hydrogens (primary N) is 1. The van der Waals surface area contributed by atoms with E-state index < -0.39 is 5.38 Å². The Morgan fingerprint density at radius 3 is 2.64 bits per heavy atom. The van der Waals surface area contributed by atoms with Crippen LogP contribution in [0.3, 0.4) is 0 Å². The molecular weight excluding hydrogens is 165 g/mol. The third-order valence-corrected chi connectivity index (χ3v) is 1.86. The minimum absolute atomic E-state index is 0.252. The average molecular weight is 174 g/mol. The highest BCUT2D eigenvalue weighted by Gasteiger charge is 2.09. The molecule has 0 fully saturated rings. The first-order chi connectivity index (χ1) is 5.25. The zero-order valence-electron chi connectivity index (χ0n) is 5.93. The minimum Gasteiger partial charge on any atom is -0.329 e. The van der Waals surface area contributed by atoms with E-state index in [1.165, 1.54) is 6.07 Å². The van der Waals surface area contributed by atoms with Gasteiger partial charge in [-0.1, -0.05) is 18.2 Å². The Hall–Kier alpha value is -0.600. The molecule has 1 atom stereocenters. The van der Waals surface area contributed by atoms with Gasteiger partial charge in [-0.2, -0.15) is 0 Å². The molecular formula is C8H9ClFN. The van der Waals surface area contributed by atoms with Crippen LogP contribution in [0.4, 0.5) is 4.39 Å². The van der Waals surface area contributed by atoms with Gasteiger partial charge in [0.1, 0.15) is 5.82 Å². The maximum absolute atomic E-state index is 12.9. The summed E-state index contributed by atoms with van der Waals surface area (Å²) in [6.07, 6.45) is 0. The van der Waals surface area contributed by atoms with Crippen molar-refractivity contribution in [3.05, 3.63) is 35.6 Å². The SMILES string of the molecule is NCC(Cl)c1ccccc1F. The summed E-state index contributed by atoms with van der Waals surface area (Å²) < 4.78 is 12.9. The van der Waals surface area contributed by atoms with E-state index in [4.69, 9.17) is 17.3 Å². The van der Waals surface area contributed by atoms with E-state index in [9.17, 15) is 4.39 Å². The molecule has 0 heterocycles. The zero-order chi connectivity index (χ0) is 8.27. The molecule has 0 bridgehead atoms. The quantitative estimate of drug-likeness (QED) is 0.681. The lowest BCUT2D eigenvalue weighted by molar-refractivity contribution is 0.607. The summed E-state index contributed by atoms with van der Waals surface area (Å²) in [6.45, 7) is 0.252. The van der Waals surface area contributed by atoms with E-state index in [0.717, 1.165) is 0 Å². The molecule has 0 radical (unpaired) electrons. The summed E-state index contributed by atoms with van der Waals surface area (Å²) in [5.41, 5.74) is 5.74. The Morgan fingerprint density at radius 2 is 2.09 bits per heavy atom. The summed E-state index contributed by atoms with van der Waals surface area (Å²) in [5, 5.41) is -0.420. The Morgan fingerprint density at radius 1 is 1.45 bits per heavy atom. The smallest absolute Gasteiger partial charge is 0.127 e. The van der Waals surface area contributed by atoms with Crippen molar-refractivity contribution in [2.75, 3.05) is 6.54 Å². The van der Waals surface area contributed by atoms with E-state index in [1.807, 2.05) is 0 Å². The van der Waals surface area contributed by atoms with Gasteiger partial charge in [-0.05, 0) is 6.07 Å². The zero-order valence-corrected chi connectivity index (χ0v) is 6.68. The first kappa shape index (κ1) is 8.50. The fourth-order valence-electron chi connectivity index (χ4n) is 0.856. The van der Waals surface area contributed by atoms with Crippen LogP contribution in [0.25, 0.3) is 0 Å². The number of hydrogen-bond acceptors (Lipinski definition) is 1. The van der Waals surface area contributed by atoms with Crippen LogP contribution in [0.15, 0.2) is 24.3 Å². The number of rotatable bonds is 2. The maximum Gasteiger partial charge on any atom is 0.127 e. The first-order valence-corrected chi connectivity index (χ1v) is 3.78. The molecule has 0 saturated heterocycles. The highest BCUT2D eigenvalue weighted by molar-refractivity contribution is 6.21. The predicted molar refractivity (Wildman–Crippen MR) is 44.0 cm³/mol. The molecule has 11 heavy (non-hydrogen) atoms. The molecule has 0 aromatic heterocycles. The largest absolute Gasteiger partial charge is 0.329 e. The fourth-order valence-corrected chi connectivity index (χ4v) is 1.03. The Bertz CT molecular complexity index is 239. The van der Waals surface area contributed by atoms with E-state index in [0.29, 0.717) is 5.56 Å². The standard InChI is InChI=1S/C8H9ClFN/c9-7(5-11)6-3-1-2-4-8(6)10/h1-4,7H,5,11H2. The molecule has 0 spiro atoms. The van der Waals surface area contributed by atoms with E-state index in [2.05, 4.69) is 0 Å². The lowest BCUT2D eigenvalue weighted by atomic mass is 10.1. The lowest BCUT2D eigenvalue weighted by Gasteiger charge is -2.06. The van der Waals surface area contributed by atoms with Gasteiger partial charge in [-0.3, -0.25) is 0 Å². The summed E-state index contributed by atoms with van der Waals surface area (Å²) >= 11 is 5.73. The van der Waals surface area contributed by atoms with Gasteiger partial charge in [0, 0.05) is 12.1 Å². The van der Waals surface area contributed by atoms with Gasteiger partial charge in [0.15, 0.2) is 0 Å². The predicted octanol–water partition coefficient (Wildman–Crippen LogP) is 2.06. The molecule has 60 valence electrons. The number of hydrogen-bond donors (Lipinski definition) is 1. The summed E-state index contributed by atoms with van der Waals surface area (Å²) in [5.74, 6) is -0.294. The van der Waals surface area contributed by atoms with Gasteiger partial charge in [-0.25, -0.2) is 4.39 Å². The molecule has 1 nitrogen and oxygen atoms in total. The molecule has 1 aromatic rings. The molecule has 0 aliphatic rings. The van der Waals surface area contributed by atoms with E-state index in [1.54, 1.807) is 18.2 Å². The highest BCUT2D eigenvalue weighted by atomic mass is 35.5. The second-order valence-corrected chi connectivity index (χ2v) is 2.75. The van der Waals surface area contributed by atoms with Crippen molar-refractivity contribution in [3.8, 4) is 0 Å². The van der Waals surface area contributed by atoms with Gasteiger partial charge in [-0.15, -0.1) is 11.6 Å². The first-order valence-electron chi connectivity index (χ1n) is 3.34. The second-order valence-electron chi connectivity index (χ2n) is 2.22. The minimum atomic E-state index is -0.420. The van der Waals surface area contributed by atoms with E-state index in [-0.39, 0.29) is 12.4 Å². The van der Waals surface area contributed by atoms with Crippen LogP contribution in [0.1, 0.15) is 10.9 Å². The van der Waals surface area contributed by atoms with Crippen molar-refractivity contribution >= 4 is 11.6 Å². The van der Waals surface area contributed by atoms with Gasteiger partial charge in [0.25, 0.3) is 0 Å². The van der Waals surface area contributed by atoms with Crippen LogP contribution in [-0.2, 0) is 0 Å².